The summed E-state index contributed by atoms with van der Waals surface area (Å²) in [4.78, 5) is 0. The Morgan fingerprint density at radius 3 is 2.53 bits per heavy atom. The van der Waals surface area contributed by atoms with Crippen molar-refractivity contribution in [3.8, 4) is 12.1 Å². The smallest absolute Gasteiger partial charge is 0.154 e. The fourth-order valence-corrected chi connectivity index (χ4v) is 1.39. The van der Waals surface area contributed by atoms with E-state index in [1.165, 1.54) is 0 Å². The van der Waals surface area contributed by atoms with Crippen LogP contribution in [0.2, 0.25) is 0 Å². The molecule has 0 fully saturated rings. The lowest BCUT2D eigenvalue weighted by molar-refractivity contribution is 0.420. The molecular weight excluding hydrogens is 188 g/mol. The number of rotatable bonds is 4. The Morgan fingerprint density at radius 2 is 2.13 bits per heavy atom. The summed E-state index contributed by atoms with van der Waals surface area (Å²) in [5.74, 6) is 1.45. The van der Waals surface area contributed by atoms with Gasteiger partial charge in [-0.05, 0) is 25.5 Å². The molecule has 0 bridgehead atoms. The molecule has 0 aliphatic rings. The molecule has 1 heterocycles. The van der Waals surface area contributed by atoms with Crippen molar-refractivity contribution < 1.29 is 4.42 Å². The number of furan rings is 1. The Bertz CT molecular complexity index is 417. The normalized spacial score (nSPS) is 10.3. The third-order valence-corrected chi connectivity index (χ3v) is 2.19. The zero-order valence-electron chi connectivity index (χ0n) is 8.66. The molecule has 0 radical (unpaired) electrons. The van der Waals surface area contributed by atoms with E-state index < -0.39 is 5.41 Å². The monoisotopic (exact) mass is 200 g/mol. The lowest BCUT2D eigenvalue weighted by Crippen LogP contribution is -2.18. The summed E-state index contributed by atoms with van der Waals surface area (Å²) in [6.07, 6.45) is 2.24. The van der Waals surface area contributed by atoms with Gasteiger partial charge in [-0.1, -0.05) is 6.08 Å². The van der Waals surface area contributed by atoms with Gasteiger partial charge < -0.3 is 4.42 Å². The van der Waals surface area contributed by atoms with Crippen molar-refractivity contribution in [2.24, 2.45) is 5.41 Å². The van der Waals surface area contributed by atoms with E-state index in [1.54, 1.807) is 12.1 Å². The number of hydrogen-bond donors (Lipinski definition) is 0. The lowest BCUT2D eigenvalue weighted by Gasteiger charge is -2.14. The topological polar surface area (TPSA) is 60.7 Å². The van der Waals surface area contributed by atoms with Gasteiger partial charge in [0.05, 0.1) is 12.1 Å². The second kappa shape index (κ2) is 4.48. The van der Waals surface area contributed by atoms with Gasteiger partial charge in [0.15, 0.2) is 5.41 Å². The van der Waals surface area contributed by atoms with Crippen molar-refractivity contribution in [3.63, 3.8) is 0 Å². The summed E-state index contributed by atoms with van der Waals surface area (Å²) in [5, 5.41) is 18.0. The molecule has 0 aromatic carbocycles. The van der Waals surface area contributed by atoms with Gasteiger partial charge in [0.2, 0.25) is 0 Å². The molecule has 0 unspecified atom stereocenters. The van der Waals surface area contributed by atoms with Crippen molar-refractivity contribution in [1.82, 2.24) is 0 Å². The van der Waals surface area contributed by atoms with Crippen LogP contribution in [0.25, 0.3) is 0 Å². The highest BCUT2D eigenvalue weighted by Gasteiger charge is 2.30. The molecule has 0 saturated heterocycles. The summed E-state index contributed by atoms with van der Waals surface area (Å²) in [6, 6.07) is 7.68. The molecule has 3 heteroatoms. The van der Waals surface area contributed by atoms with E-state index in [0.29, 0.717) is 18.6 Å². The molecule has 0 spiro atoms. The molecule has 0 atom stereocenters. The number of hydrogen-bond acceptors (Lipinski definition) is 3. The molecule has 0 N–H and O–H groups in total. The first-order valence-corrected chi connectivity index (χ1v) is 4.64. The molecule has 0 amide bonds. The quantitative estimate of drug-likeness (QED) is 0.702. The van der Waals surface area contributed by atoms with Crippen LogP contribution >= 0.6 is 0 Å². The van der Waals surface area contributed by atoms with Crippen LogP contribution in [0.3, 0.4) is 0 Å². The Balaban J connectivity index is 2.90. The van der Waals surface area contributed by atoms with E-state index in [1.807, 2.05) is 25.1 Å². The molecular formula is C12H12N2O. The van der Waals surface area contributed by atoms with Crippen molar-refractivity contribution in [2.75, 3.05) is 0 Å². The minimum atomic E-state index is -1.05. The van der Waals surface area contributed by atoms with E-state index in [9.17, 15) is 0 Å². The molecule has 15 heavy (non-hydrogen) atoms. The average molecular weight is 200 g/mol. The molecule has 1 rings (SSSR count). The fraction of sp³-hybridized carbons (Fsp3) is 0.333. The maximum atomic E-state index is 9.01. The largest absolute Gasteiger partial charge is 0.466 e. The van der Waals surface area contributed by atoms with E-state index in [2.05, 4.69) is 6.58 Å². The SMILES string of the molecule is C=CCC(C#N)(C#N)Cc1ccc(C)o1. The highest BCUT2D eigenvalue weighted by molar-refractivity contribution is 5.21. The molecule has 3 nitrogen and oxygen atoms in total. The number of nitrogens with zero attached hydrogens (tertiary/aromatic N) is 2. The third-order valence-electron chi connectivity index (χ3n) is 2.19. The van der Waals surface area contributed by atoms with Crippen LogP contribution in [-0.4, -0.2) is 0 Å². The minimum absolute atomic E-state index is 0.305. The minimum Gasteiger partial charge on any atom is -0.466 e. The van der Waals surface area contributed by atoms with Crippen LogP contribution in [0.1, 0.15) is 17.9 Å². The highest BCUT2D eigenvalue weighted by Crippen LogP contribution is 2.26. The lowest BCUT2D eigenvalue weighted by atomic mass is 9.83. The first kappa shape index (κ1) is 11.1. The van der Waals surface area contributed by atoms with E-state index in [4.69, 9.17) is 14.9 Å². The second-order valence-corrected chi connectivity index (χ2v) is 3.49. The van der Waals surface area contributed by atoms with E-state index in [-0.39, 0.29) is 0 Å². The highest BCUT2D eigenvalue weighted by atomic mass is 16.3. The molecule has 76 valence electrons. The van der Waals surface area contributed by atoms with Crippen molar-refractivity contribution in [1.29, 1.82) is 10.5 Å². The van der Waals surface area contributed by atoms with Crippen molar-refractivity contribution in [2.45, 2.75) is 19.8 Å². The predicted molar refractivity (Wildman–Crippen MR) is 55.6 cm³/mol. The van der Waals surface area contributed by atoms with Crippen molar-refractivity contribution >= 4 is 0 Å². The molecule has 0 aliphatic carbocycles. The van der Waals surface area contributed by atoms with Gasteiger partial charge in [-0.15, -0.1) is 6.58 Å². The van der Waals surface area contributed by atoms with E-state index >= 15 is 0 Å². The number of allylic oxidation sites excluding steroid dienone is 1. The van der Waals surface area contributed by atoms with Gasteiger partial charge in [-0.3, -0.25) is 0 Å². The molecule has 1 aromatic rings. The maximum absolute atomic E-state index is 9.01. The standard InChI is InChI=1S/C12H12N2O/c1-3-6-12(8-13,9-14)7-11-5-4-10(2)15-11/h3-5H,1,6-7H2,2H3. The third kappa shape index (κ3) is 2.48. The summed E-state index contributed by atoms with van der Waals surface area (Å²) in [6.45, 7) is 5.39. The second-order valence-electron chi connectivity index (χ2n) is 3.49. The van der Waals surface area contributed by atoms with Gasteiger partial charge in [0, 0.05) is 6.42 Å². The van der Waals surface area contributed by atoms with Crippen molar-refractivity contribution in [3.05, 3.63) is 36.3 Å². The van der Waals surface area contributed by atoms with Crippen LogP contribution in [0, 0.1) is 35.0 Å². The van der Waals surface area contributed by atoms with E-state index in [0.717, 1.165) is 5.76 Å². The summed E-state index contributed by atoms with van der Waals surface area (Å²) < 4.78 is 5.35. The maximum Gasteiger partial charge on any atom is 0.154 e. The predicted octanol–water partition coefficient (Wildman–Crippen LogP) is 2.74. The number of nitriles is 2. The van der Waals surface area contributed by atoms with Crippen LogP contribution < -0.4 is 0 Å². The Morgan fingerprint density at radius 1 is 1.47 bits per heavy atom. The zero-order chi connectivity index (χ0) is 11.3. The van der Waals surface area contributed by atoms with Gasteiger partial charge in [-0.2, -0.15) is 10.5 Å². The Hall–Kier alpha value is -2.00. The van der Waals surface area contributed by atoms with Crippen LogP contribution in [0.5, 0.6) is 0 Å². The Labute approximate surface area is 89.2 Å². The summed E-state index contributed by atoms with van der Waals surface area (Å²) in [7, 11) is 0. The van der Waals surface area contributed by atoms with Gasteiger partial charge >= 0.3 is 0 Å². The van der Waals surface area contributed by atoms with Crippen LogP contribution in [-0.2, 0) is 6.42 Å². The molecule has 1 aromatic heterocycles. The van der Waals surface area contributed by atoms with Crippen LogP contribution in [0.4, 0.5) is 0 Å². The summed E-state index contributed by atoms with van der Waals surface area (Å²) in [5.41, 5.74) is -1.05. The zero-order valence-corrected chi connectivity index (χ0v) is 8.66. The number of aryl methyl sites for hydroxylation is 1. The fourth-order valence-electron chi connectivity index (χ4n) is 1.39. The molecule has 0 saturated carbocycles. The van der Waals surface area contributed by atoms with Gasteiger partial charge in [0.1, 0.15) is 11.5 Å². The summed E-state index contributed by atoms with van der Waals surface area (Å²) >= 11 is 0. The molecule has 0 aliphatic heterocycles. The first-order chi connectivity index (χ1) is 7.15. The average Bonchev–Trinajstić information content (AvgIpc) is 2.63. The van der Waals surface area contributed by atoms with Crippen LogP contribution in [0.15, 0.2) is 29.2 Å². The van der Waals surface area contributed by atoms with Gasteiger partial charge in [0.25, 0.3) is 0 Å². The Kier molecular flexibility index (Phi) is 3.31. The van der Waals surface area contributed by atoms with Gasteiger partial charge in [-0.25, -0.2) is 0 Å². The first-order valence-electron chi connectivity index (χ1n) is 4.64.